The molecule has 0 saturated carbocycles. The Morgan fingerprint density at radius 2 is 1.43 bits per heavy atom. The average Bonchev–Trinajstić information content (AvgIpc) is 2.48. The van der Waals surface area contributed by atoms with E-state index in [9.17, 15) is 0 Å². The first-order valence-electron chi connectivity index (χ1n) is 8.72. The molecule has 0 N–H and O–H groups in total. The van der Waals surface area contributed by atoms with Gasteiger partial charge in [0.15, 0.2) is 0 Å². The summed E-state index contributed by atoms with van der Waals surface area (Å²) in [5.41, 5.74) is 1.09. The van der Waals surface area contributed by atoms with Crippen molar-refractivity contribution in [2.45, 2.75) is 88.9 Å². The Bertz CT molecular complexity index is 371. The van der Waals surface area contributed by atoms with Crippen molar-refractivity contribution in [2.75, 3.05) is 0 Å². The van der Waals surface area contributed by atoms with Crippen molar-refractivity contribution in [2.24, 2.45) is 0 Å². The molecule has 0 atom stereocenters. The molecule has 3 heteroatoms. The minimum absolute atomic E-state index is 0.619. The van der Waals surface area contributed by atoms with Gasteiger partial charge >= 0.3 is 142 Å². The number of aryl methyl sites for hydroxylation is 1. The third-order valence-corrected chi connectivity index (χ3v) is 9.25. The van der Waals surface area contributed by atoms with E-state index in [1.807, 2.05) is 6.20 Å². The van der Waals surface area contributed by atoms with Gasteiger partial charge in [0.1, 0.15) is 0 Å². The molecule has 1 rings (SSSR count). The van der Waals surface area contributed by atoms with E-state index in [1.54, 1.807) is 0 Å². The van der Waals surface area contributed by atoms with Gasteiger partial charge in [0.05, 0.1) is 0 Å². The molecule has 0 aliphatic carbocycles. The molecular weight excluding hydrogens is 363 g/mol. The van der Waals surface area contributed by atoms with Crippen LogP contribution in [0.3, 0.4) is 0 Å². The van der Waals surface area contributed by atoms with Gasteiger partial charge in [0.25, 0.3) is 0 Å². The zero-order valence-corrected chi connectivity index (χ0v) is 17.3. The number of aromatic nitrogens is 2. The van der Waals surface area contributed by atoms with Crippen molar-refractivity contribution in [1.82, 2.24) is 9.97 Å². The number of nitrogens with zero attached hydrogens (tertiary/aromatic N) is 2. The molecule has 0 aliphatic heterocycles. The van der Waals surface area contributed by atoms with Crippen molar-refractivity contribution >= 4 is 24.9 Å². The van der Waals surface area contributed by atoms with Gasteiger partial charge in [-0.3, -0.25) is 0 Å². The normalized spacial score (nSPS) is 11.8. The van der Waals surface area contributed by atoms with Crippen LogP contribution in [0.25, 0.3) is 0 Å². The molecule has 2 radical (unpaired) electrons. The molecule has 0 unspecified atom stereocenters. The van der Waals surface area contributed by atoms with Crippen LogP contribution in [0.2, 0.25) is 3.43 Å². The Kier molecular flexibility index (Phi) is 9.53. The van der Waals surface area contributed by atoms with E-state index >= 15 is 0 Å². The van der Waals surface area contributed by atoms with Gasteiger partial charge in [0.2, 0.25) is 0 Å². The summed E-state index contributed by atoms with van der Waals surface area (Å²) < 4.78 is 1.98. The Labute approximate surface area is 141 Å². The number of unbranched alkanes of at least 4 members (excludes halogenated alkanes) is 3. The van der Waals surface area contributed by atoms with Gasteiger partial charge in [-0.15, -0.1) is 0 Å². The molecule has 0 saturated heterocycles. The average molecular weight is 395 g/mol. The van der Waals surface area contributed by atoms with Gasteiger partial charge in [-0.1, -0.05) is 0 Å². The second-order valence-corrected chi connectivity index (χ2v) is 11.5. The molecule has 0 bridgehead atoms. The van der Waals surface area contributed by atoms with Crippen LogP contribution in [0, 0.1) is 6.92 Å². The fourth-order valence-corrected chi connectivity index (χ4v) is 8.10. The molecule has 0 aliphatic rings. The molecule has 0 amide bonds. The van der Waals surface area contributed by atoms with E-state index in [0.29, 0.717) is 3.43 Å². The van der Waals surface area contributed by atoms with Gasteiger partial charge < -0.3 is 0 Å². The van der Waals surface area contributed by atoms with E-state index in [2.05, 4.69) is 38.9 Å². The first-order chi connectivity index (χ1) is 10.2. The number of rotatable bonds is 11. The summed E-state index contributed by atoms with van der Waals surface area (Å²) >= 11 is -0.690. The topological polar surface area (TPSA) is 25.8 Å². The summed E-state index contributed by atoms with van der Waals surface area (Å²) in [5.74, 6) is 0. The maximum absolute atomic E-state index is 4.80. The summed E-state index contributed by atoms with van der Waals surface area (Å²) in [6.07, 6.45) is 16.3. The first kappa shape index (κ1) is 18.9. The molecular formula is C18H32N2Sn. The Morgan fingerprint density at radius 3 is 1.86 bits per heavy atom. The van der Waals surface area contributed by atoms with E-state index in [-0.39, 0.29) is 0 Å². The quantitative estimate of drug-likeness (QED) is 0.501. The second-order valence-electron chi connectivity index (χ2n) is 6.26. The van der Waals surface area contributed by atoms with Crippen LogP contribution in [0.1, 0.15) is 84.3 Å². The van der Waals surface area contributed by atoms with E-state index < -0.39 is 21.1 Å². The Balaban J connectivity index is 2.88. The third-order valence-electron chi connectivity index (χ3n) is 4.17. The van der Waals surface area contributed by atoms with Crippen LogP contribution in [0.5, 0.6) is 0 Å². The summed E-state index contributed by atoms with van der Waals surface area (Å²) in [5, 5.41) is 0. The first-order valence-corrected chi connectivity index (χ1v) is 11.6. The summed E-state index contributed by atoms with van der Waals surface area (Å²) in [6, 6.07) is 0. The molecule has 1 aromatic heterocycles. The third kappa shape index (κ3) is 7.12. The molecule has 21 heavy (non-hydrogen) atoms. The van der Waals surface area contributed by atoms with Gasteiger partial charge in [-0.05, 0) is 0 Å². The van der Waals surface area contributed by atoms with E-state index in [4.69, 9.17) is 4.98 Å². The fourth-order valence-electron chi connectivity index (χ4n) is 2.90. The molecule has 2 nitrogen and oxygen atoms in total. The van der Waals surface area contributed by atoms with Gasteiger partial charge in [0, 0.05) is 0 Å². The fraction of sp³-hybridized carbons (Fsp3) is 0.778. The second kappa shape index (κ2) is 10.6. The maximum atomic E-state index is 4.80. The van der Waals surface area contributed by atoms with Crippen molar-refractivity contribution in [3.63, 3.8) is 0 Å². The van der Waals surface area contributed by atoms with Crippen LogP contribution in [-0.2, 0) is 0 Å². The van der Waals surface area contributed by atoms with Crippen molar-refractivity contribution in [3.8, 4) is 0 Å². The molecule has 1 heterocycles. The number of hydrogen-bond donors (Lipinski definition) is 0. The molecule has 118 valence electrons. The zero-order valence-electron chi connectivity index (χ0n) is 14.4. The SMILES string of the molecule is CCCC[C](CCCC)(CCCC)[Sn][c]1cncc(C)n1. The Morgan fingerprint density at radius 1 is 0.905 bits per heavy atom. The predicted octanol–water partition coefficient (Wildman–Crippen LogP) is 4.84. The summed E-state index contributed by atoms with van der Waals surface area (Å²) in [7, 11) is 0. The van der Waals surface area contributed by atoms with Crippen molar-refractivity contribution < 1.29 is 0 Å². The predicted molar refractivity (Wildman–Crippen MR) is 93.4 cm³/mol. The van der Waals surface area contributed by atoms with Gasteiger partial charge in [-0.25, -0.2) is 0 Å². The minimum atomic E-state index is -0.690. The van der Waals surface area contributed by atoms with Crippen LogP contribution in [0.4, 0.5) is 0 Å². The van der Waals surface area contributed by atoms with Crippen LogP contribution < -0.4 is 3.71 Å². The van der Waals surface area contributed by atoms with E-state index in [1.165, 1.54) is 61.5 Å². The van der Waals surface area contributed by atoms with Crippen LogP contribution in [-0.4, -0.2) is 31.1 Å². The van der Waals surface area contributed by atoms with Crippen LogP contribution in [0.15, 0.2) is 12.4 Å². The van der Waals surface area contributed by atoms with Crippen molar-refractivity contribution in [1.29, 1.82) is 0 Å². The van der Waals surface area contributed by atoms with Gasteiger partial charge in [-0.2, -0.15) is 0 Å². The molecule has 0 aromatic carbocycles. The summed E-state index contributed by atoms with van der Waals surface area (Å²) in [6.45, 7) is 9.04. The number of hydrogen-bond acceptors (Lipinski definition) is 2. The zero-order chi connectivity index (χ0) is 15.6. The van der Waals surface area contributed by atoms with Crippen LogP contribution >= 0.6 is 0 Å². The summed E-state index contributed by atoms with van der Waals surface area (Å²) in [4.78, 5) is 9.18. The molecule has 1 aromatic rings. The standard InChI is InChI=1S/C13H27.C5H5N2.Sn/c1-4-7-10-13(11-8-5-2)12-9-6-3;1-5-4-6-2-3-7-5;/h4-12H2,1-3H3;2,4H,1H3;. The van der Waals surface area contributed by atoms with Crippen molar-refractivity contribution in [3.05, 3.63) is 18.1 Å². The molecule has 0 spiro atoms. The molecule has 0 fully saturated rings. The van der Waals surface area contributed by atoms with E-state index in [0.717, 1.165) is 5.69 Å². The Hall–Kier alpha value is -0.121. The monoisotopic (exact) mass is 396 g/mol.